The summed E-state index contributed by atoms with van der Waals surface area (Å²) in [6.07, 6.45) is 5.00. The molecule has 0 spiro atoms. The number of hydrogen-bond acceptors (Lipinski definition) is 7. The van der Waals surface area contributed by atoms with Crippen LogP contribution in [0.3, 0.4) is 0 Å². The minimum Gasteiger partial charge on any atom is -0.443 e. The Morgan fingerprint density at radius 3 is 2.68 bits per heavy atom. The molecule has 0 aliphatic carbocycles. The molecule has 1 atom stereocenters. The Labute approximate surface area is 193 Å². The number of rotatable bonds is 7. The van der Waals surface area contributed by atoms with E-state index in [1.54, 1.807) is 36.1 Å². The van der Waals surface area contributed by atoms with Gasteiger partial charge in [-0.1, -0.05) is 6.92 Å². The molecule has 3 aromatic heterocycles. The van der Waals surface area contributed by atoms with E-state index in [2.05, 4.69) is 25.7 Å². The molecule has 0 saturated heterocycles. The molecule has 34 heavy (non-hydrogen) atoms. The van der Waals surface area contributed by atoms with Crippen molar-refractivity contribution in [3.63, 3.8) is 0 Å². The van der Waals surface area contributed by atoms with Gasteiger partial charge in [-0.05, 0) is 37.6 Å². The van der Waals surface area contributed by atoms with Crippen molar-refractivity contribution >= 4 is 22.7 Å². The third kappa shape index (κ3) is 4.33. The number of aromatic nitrogens is 4. The average Bonchev–Trinajstić information content (AvgIpc) is 3.45. The first-order valence-electron chi connectivity index (χ1n) is 10.4. The number of nitrogens with one attached hydrogen (secondary N) is 2. The van der Waals surface area contributed by atoms with Crippen LogP contribution in [0.5, 0.6) is 0 Å². The number of benzene rings is 1. The summed E-state index contributed by atoms with van der Waals surface area (Å²) in [6.45, 7) is 3.27. The average molecular weight is 461 g/mol. The summed E-state index contributed by atoms with van der Waals surface area (Å²) < 4.78 is 20.5. The van der Waals surface area contributed by atoms with Crippen LogP contribution < -0.4 is 10.6 Å². The Morgan fingerprint density at radius 2 is 1.97 bits per heavy atom. The fourth-order valence-corrected chi connectivity index (χ4v) is 3.47. The van der Waals surface area contributed by atoms with E-state index < -0.39 is 17.9 Å². The van der Waals surface area contributed by atoms with Gasteiger partial charge >= 0.3 is 0 Å². The zero-order valence-corrected chi connectivity index (χ0v) is 18.4. The summed E-state index contributed by atoms with van der Waals surface area (Å²) in [4.78, 5) is 33.7. The molecule has 0 aliphatic heterocycles. The number of carbonyl (C=O) groups excluding carboxylic acids is 2. The fourth-order valence-electron chi connectivity index (χ4n) is 3.47. The first-order chi connectivity index (χ1) is 16.4. The lowest BCUT2D eigenvalue weighted by Gasteiger charge is -2.14. The quantitative estimate of drug-likeness (QED) is 0.403. The molecule has 1 unspecified atom stereocenters. The lowest BCUT2D eigenvalue weighted by molar-refractivity contribution is 0.0928. The van der Waals surface area contributed by atoms with Crippen LogP contribution in [0.2, 0.25) is 0 Å². The highest BCUT2D eigenvalue weighted by Crippen LogP contribution is 2.24. The predicted molar refractivity (Wildman–Crippen MR) is 119 cm³/mol. The number of halogens is 1. The third-order valence-electron chi connectivity index (χ3n) is 5.18. The van der Waals surface area contributed by atoms with Gasteiger partial charge in [0.1, 0.15) is 24.2 Å². The maximum absolute atomic E-state index is 13.3. The third-order valence-corrected chi connectivity index (χ3v) is 5.18. The molecule has 4 rings (SSSR count). The second kappa shape index (κ2) is 9.50. The topological polar surface area (TPSA) is 139 Å². The number of fused-ring (bicyclic) bond motifs is 1. The largest absolute Gasteiger partial charge is 0.443 e. The maximum Gasteiger partial charge on any atom is 0.274 e. The first kappa shape index (κ1) is 22.6. The van der Waals surface area contributed by atoms with Gasteiger partial charge < -0.3 is 15.1 Å². The van der Waals surface area contributed by atoms with Crippen molar-refractivity contribution in [1.29, 1.82) is 5.26 Å². The zero-order chi connectivity index (χ0) is 24.2. The SMILES string of the molecule is CCC(NC(=O)c1cncc2c1cnn2-c1ccc(F)cc1)c1nc(C(=O)NCC#N)c(C)o1. The number of aryl methyl sites for hydroxylation is 1. The minimum atomic E-state index is -0.605. The smallest absolute Gasteiger partial charge is 0.274 e. The number of pyridine rings is 1. The van der Waals surface area contributed by atoms with Crippen molar-refractivity contribution in [2.75, 3.05) is 6.54 Å². The molecule has 10 nitrogen and oxygen atoms in total. The van der Waals surface area contributed by atoms with E-state index in [0.717, 1.165) is 0 Å². The van der Waals surface area contributed by atoms with Crippen LogP contribution in [0.25, 0.3) is 16.6 Å². The molecule has 2 amide bonds. The zero-order valence-electron chi connectivity index (χ0n) is 18.4. The van der Waals surface area contributed by atoms with Crippen molar-refractivity contribution in [2.24, 2.45) is 0 Å². The monoisotopic (exact) mass is 461 g/mol. The van der Waals surface area contributed by atoms with Crippen molar-refractivity contribution < 1.29 is 18.4 Å². The highest BCUT2D eigenvalue weighted by molar-refractivity contribution is 6.06. The van der Waals surface area contributed by atoms with Crippen molar-refractivity contribution in [1.82, 2.24) is 30.4 Å². The van der Waals surface area contributed by atoms with Crippen LogP contribution >= 0.6 is 0 Å². The van der Waals surface area contributed by atoms with Gasteiger partial charge in [-0.2, -0.15) is 10.4 Å². The van der Waals surface area contributed by atoms with E-state index in [1.807, 2.05) is 13.0 Å². The van der Waals surface area contributed by atoms with Crippen LogP contribution in [0.4, 0.5) is 4.39 Å². The molecule has 2 N–H and O–H groups in total. The number of oxazole rings is 1. The molecular weight excluding hydrogens is 441 g/mol. The van der Waals surface area contributed by atoms with E-state index in [1.165, 1.54) is 18.3 Å². The lowest BCUT2D eigenvalue weighted by Crippen LogP contribution is -2.29. The number of nitrogens with zero attached hydrogens (tertiary/aromatic N) is 5. The van der Waals surface area contributed by atoms with Gasteiger partial charge in [0.05, 0.1) is 35.2 Å². The first-order valence-corrected chi connectivity index (χ1v) is 10.4. The van der Waals surface area contributed by atoms with E-state index in [0.29, 0.717) is 28.6 Å². The van der Waals surface area contributed by atoms with Gasteiger partial charge in [-0.3, -0.25) is 14.6 Å². The van der Waals surface area contributed by atoms with Crippen LogP contribution in [-0.2, 0) is 0 Å². The summed E-state index contributed by atoms with van der Waals surface area (Å²) in [7, 11) is 0. The summed E-state index contributed by atoms with van der Waals surface area (Å²) in [5.74, 6) is -0.857. The summed E-state index contributed by atoms with van der Waals surface area (Å²) in [5, 5.41) is 18.8. The molecular formula is C23H20FN7O3. The van der Waals surface area contributed by atoms with Crippen LogP contribution in [0.15, 0.2) is 47.3 Å². The Balaban J connectivity index is 1.60. The molecule has 0 bridgehead atoms. The summed E-state index contributed by atoms with van der Waals surface area (Å²) in [6, 6.07) is 7.03. The summed E-state index contributed by atoms with van der Waals surface area (Å²) >= 11 is 0. The molecule has 0 radical (unpaired) electrons. The number of hydrogen-bond donors (Lipinski definition) is 2. The highest BCUT2D eigenvalue weighted by atomic mass is 19.1. The van der Waals surface area contributed by atoms with Gasteiger partial charge in [-0.15, -0.1) is 0 Å². The Hall–Kier alpha value is -4.59. The standard InChI is InChI=1S/C23H20FN7O3/c1-3-18(23-30-20(13(2)34-23)22(33)27-9-8-25)29-21(32)17-10-26-12-19-16(17)11-28-31(19)15-6-4-14(24)5-7-15/h4-7,10-12,18H,3,9H2,1-2H3,(H,27,33)(H,29,32). The lowest BCUT2D eigenvalue weighted by atomic mass is 10.1. The molecule has 0 aliphatic rings. The van der Waals surface area contributed by atoms with Crippen LogP contribution in [0.1, 0.15) is 51.9 Å². The normalized spacial score (nSPS) is 11.7. The minimum absolute atomic E-state index is 0.0577. The van der Waals surface area contributed by atoms with Crippen molar-refractivity contribution in [3.8, 4) is 11.8 Å². The molecule has 1 aromatic carbocycles. The molecule has 0 fully saturated rings. The Bertz CT molecular complexity index is 1400. The number of carbonyl (C=O) groups is 2. The molecule has 11 heteroatoms. The Morgan fingerprint density at radius 1 is 1.21 bits per heavy atom. The predicted octanol–water partition coefficient (Wildman–Crippen LogP) is 2.99. The number of nitriles is 1. The van der Waals surface area contributed by atoms with Crippen molar-refractivity contribution in [2.45, 2.75) is 26.3 Å². The molecule has 0 saturated carbocycles. The maximum atomic E-state index is 13.3. The van der Waals surface area contributed by atoms with Gasteiger partial charge in [0.15, 0.2) is 5.69 Å². The van der Waals surface area contributed by atoms with E-state index in [4.69, 9.17) is 9.68 Å². The van der Waals surface area contributed by atoms with Crippen LogP contribution in [0, 0.1) is 24.1 Å². The van der Waals surface area contributed by atoms with Crippen molar-refractivity contribution in [3.05, 3.63) is 71.6 Å². The Kier molecular flexibility index (Phi) is 6.31. The molecule has 3 heterocycles. The molecule has 172 valence electrons. The number of amides is 2. The van der Waals surface area contributed by atoms with Crippen LogP contribution in [-0.4, -0.2) is 38.1 Å². The van der Waals surface area contributed by atoms with E-state index in [-0.39, 0.29) is 29.7 Å². The van der Waals surface area contributed by atoms with Gasteiger partial charge in [-0.25, -0.2) is 14.1 Å². The fraction of sp³-hybridized carbons (Fsp3) is 0.217. The molecule has 4 aromatic rings. The second-order valence-corrected chi connectivity index (χ2v) is 7.38. The van der Waals surface area contributed by atoms with E-state index in [9.17, 15) is 14.0 Å². The van der Waals surface area contributed by atoms with Gasteiger partial charge in [0, 0.05) is 11.6 Å². The van der Waals surface area contributed by atoms with Gasteiger partial charge in [0.25, 0.3) is 11.8 Å². The second-order valence-electron chi connectivity index (χ2n) is 7.38. The summed E-state index contributed by atoms with van der Waals surface area (Å²) in [5.41, 5.74) is 1.55. The highest BCUT2D eigenvalue weighted by Gasteiger charge is 2.25. The van der Waals surface area contributed by atoms with E-state index >= 15 is 0 Å². The van der Waals surface area contributed by atoms with Gasteiger partial charge in [0.2, 0.25) is 5.89 Å².